The molecule has 0 aliphatic carbocycles. The zero-order valence-corrected chi connectivity index (χ0v) is 13.0. The van der Waals surface area contributed by atoms with Crippen molar-refractivity contribution in [2.24, 2.45) is 0 Å². The number of carbonyl (C=O) groups excluding carboxylic acids is 1. The first-order valence-corrected chi connectivity index (χ1v) is 7.33. The quantitative estimate of drug-likeness (QED) is 0.799. The minimum Gasteiger partial charge on any atom is -0.465 e. The number of carbonyl (C=O) groups is 1. The van der Waals surface area contributed by atoms with Crippen LogP contribution < -0.4 is 5.32 Å². The maximum absolute atomic E-state index is 12.4. The van der Waals surface area contributed by atoms with Crippen molar-refractivity contribution in [2.75, 3.05) is 19.0 Å². The molecule has 0 saturated carbocycles. The summed E-state index contributed by atoms with van der Waals surface area (Å²) in [4.78, 5) is 24.6. The summed E-state index contributed by atoms with van der Waals surface area (Å²) in [5, 5.41) is 2.98. The Balaban J connectivity index is 2.52. The van der Waals surface area contributed by atoms with E-state index in [0.29, 0.717) is 30.9 Å². The van der Waals surface area contributed by atoms with E-state index in [4.69, 9.17) is 4.74 Å². The van der Waals surface area contributed by atoms with Gasteiger partial charge in [0.05, 0.1) is 12.1 Å². The summed E-state index contributed by atoms with van der Waals surface area (Å²) in [6.45, 7) is 6.12. The van der Waals surface area contributed by atoms with Crippen LogP contribution in [0.5, 0.6) is 0 Å². The molecule has 2 rings (SSSR count). The Labute approximate surface area is 124 Å². The van der Waals surface area contributed by atoms with Gasteiger partial charge in [0, 0.05) is 7.05 Å². The van der Waals surface area contributed by atoms with E-state index in [1.165, 1.54) is 0 Å². The number of esters is 1. The molecule has 0 amide bonds. The van der Waals surface area contributed by atoms with Crippen LogP contribution in [0.2, 0.25) is 0 Å². The van der Waals surface area contributed by atoms with Gasteiger partial charge in [-0.1, -0.05) is 13.8 Å². The number of rotatable bonds is 6. The van der Waals surface area contributed by atoms with E-state index >= 15 is 0 Å². The second-order valence-electron chi connectivity index (χ2n) is 4.91. The molecule has 0 unspecified atom stereocenters. The highest BCUT2D eigenvalue weighted by atomic mass is 16.5. The molecule has 6 heteroatoms. The van der Waals surface area contributed by atoms with Gasteiger partial charge in [0.1, 0.15) is 17.1 Å². The SMILES string of the molecule is CCOC(=O)C(CC)(CC)c1nc2nc(NC)ccc2[nH]1. The summed E-state index contributed by atoms with van der Waals surface area (Å²) in [5.74, 6) is 1.14. The van der Waals surface area contributed by atoms with Crippen LogP contribution in [0.1, 0.15) is 39.4 Å². The normalized spacial score (nSPS) is 11.6. The first kappa shape index (κ1) is 15.3. The van der Waals surface area contributed by atoms with Crippen molar-refractivity contribution < 1.29 is 9.53 Å². The molecule has 2 aromatic rings. The standard InChI is InChI=1S/C15H22N4O2/c1-5-15(6-2,14(20)21-7-3)13-17-10-8-9-11(16-4)18-12(10)19-13/h8-9H,5-7H2,1-4H3,(H2,16,17,18,19). The van der Waals surface area contributed by atoms with E-state index in [1.807, 2.05) is 40.0 Å². The Morgan fingerprint density at radius 2 is 2.00 bits per heavy atom. The van der Waals surface area contributed by atoms with Crippen molar-refractivity contribution in [1.82, 2.24) is 15.0 Å². The van der Waals surface area contributed by atoms with Gasteiger partial charge in [-0.05, 0) is 31.9 Å². The number of fused-ring (bicyclic) bond motifs is 1. The van der Waals surface area contributed by atoms with Gasteiger partial charge in [0.25, 0.3) is 0 Å². The van der Waals surface area contributed by atoms with Gasteiger partial charge in [0.15, 0.2) is 5.65 Å². The second kappa shape index (κ2) is 6.11. The first-order valence-electron chi connectivity index (χ1n) is 7.33. The van der Waals surface area contributed by atoms with Crippen LogP contribution >= 0.6 is 0 Å². The molecule has 6 nitrogen and oxygen atoms in total. The van der Waals surface area contributed by atoms with E-state index in [1.54, 1.807) is 0 Å². The van der Waals surface area contributed by atoms with E-state index < -0.39 is 5.41 Å². The summed E-state index contributed by atoms with van der Waals surface area (Å²) in [5.41, 5.74) is 0.684. The summed E-state index contributed by atoms with van der Waals surface area (Å²) >= 11 is 0. The van der Waals surface area contributed by atoms with Gasteiger partial charge in [-0.2, -0.15) is 0 Å². The van der Waals surface area contributed by atoms with E-state index in [9.17, 15) is 4.79 Å². The number of pyridine rings is 1. The highest BCUT2D eigenvalue weighted by Crippen LogP contribution is 2.32. The summed E-state index contributed by atoms with van der Waals surface area (Å²) in [6, 6.07) is 3.78. The Morgan fingerprint density at radius 1 is 1.29 bits per heavy atom. The third-order valence-corrected chi connectivity index (χ3v) is 3.93. The number of ether oxygens (including phenoxy) is 1. The van der Waals surface area contributed by atoms with E-state index in [-0.39, 0.29) is 5.97 Å². The summed E-state index contributed by atoms with van der Waals surface area (Å²) in [7, 11) is 1.81. The molecular formula is C15H22N4O2. The van der Waals surface area contributed by atoms with E-state index in [2.05, 4.69) is 20.3 Å². The van der Waals surface area contributed by atoms with Crippen molar-refractivity contribution >= 4 is 23.0 Å². The van der Waals surface area contributed by atoms with Crippen LogP contribution in [-0.2, 0) is 14.9 Å². The van der Waals surface area contributed by atoms with Gasteiger partial charge in [-0.25, -0.2) is 9.97 Å². The van der Waals surface area contributed by atoms with Crippen molar-refractivity contribution in [3.05, 3.63) is 18.0 Å². The van der Waals surface area contributed by atoms with Crippen molar-refractivity contribution in [3.63, 3.8) is 0 Å². The third kappa shape index (κ3) is 2.57. The van der Waals surface area contributed by atoms with Crippen LogP contribution in [0.3, 0.4) is 0 Å². The van der Waals surface area contributed by atoms with Crippen LogP contribution in [0.15, 0.2) is 12.1 Å². The molecular weight excluding hydrogens is 268 g/mol. The molecule has 0 radical (unpaired) electrons. The molecule has 0 fully saturated rings. The highest BCUT2D eigenvalue weighted by Gasteiger charge is 2.41. The minimum absolute atomic E-state index is 0.233. The maximum Gasteiger partial charge on any atom is 0.319 e. The Morgan fingerprint density at radius 3 is 2.57 bits per heavy atom. The lowest BCUT2D eigenvalue weighted by molar-refractivity contribution is -0.150. The lowest BCUT2D eigenvalue weighted by Crippen LogP contribution is -2.37. The molecule has 0 aliphatic rings. The summed E-state index contributed by atoms with van der Waals surface area (Å²) < 4.78 is 5.25. The Bertz CT molecular complexity index is 632. The number of anilines is 1. The molecule has 0 atom stereocenters. The molecule has 0 bridgehead atoms. The lowest BCUT2D eigenvalue weighted by atomic mass is 9.81. The minimum atomic E-state index is -0.740. The predicted molar refractivity (Wildman–Crippen MR) is 82.3 cm³/mol. The average Bonchev–Trinajstić information content (AvgIpc) is 2.92. The highest BCUT2D eigenvalue weighted by molar-refractivity contribution is 5.84. The fraction of sp³-hybridized carbons (Fsp3) is 0.533. The number of imidazole rings is 1. The number of hydrogen-bond donors (Lipinski definition) is 2. The molecule has 114 valence electrons. The topological polar surface area (TPSA) is 79.9 Å². The lowest BCUT2D eigenvalue weighted by Gasteiger charge is -2.26. The fourth-order valence-corrected chi connectivity index (χ4v) is 2.50. The molecule has 2 aromatic heterocycles. The molecule has 2 N–H and O–H groups in total. The maximum atomic E-state index is 12.4. The predicted octanol–water partition coefficient (Wildman–Crippen LogP) is 2.62. The molecule has 0 saturated heterocycles. The zero-order valence-electron chi connectivity index (χ0n) is 13.0. The van der Waals surface area contributed by atoms with E-state index in [0.717, 1.165) is 11.3 Å². The van der Waals surface area contributed by atoms with Crippen LogP contribution in [0.4, 0.5) is 5.82 Å². The average molecular weight is 290 g/mol. The number of H-pyrrole nitrogens is 1. The van der Waals surface area contributed by atoms with Crippen molar-refractivity contribution in [3.8, 4) is 0 Å². The number of hydrogen-bond acceptors (Lipinski definition) is 5. The monoisotopic (exact) mass is 290 g/mol. The smallest absolute Gasteiger partial charge is 0.319 e. The largest absolute Gasteiger partial charge is 0.465 e. The number of aromatic amines is 1. The van der Waals surface area contributed by atoms with Gasteiger partial charge in [-0.3, -0.25) is 4.79 Å². The van der Waals surface area contributed by atoms with Crippen LogP contribution in [0, 0.1) is 0 Å². The third-order valence-electron chi connectivity index (χ3n) is 3.93. The van der Waals surface area contributed by atoms with Gasteiger partial charge in [0.2, 0.25) is 0 Å². The number of aromatic nitrogens is 3. The number of nitrogens with one attached hydrogen (secondary N) is 2. The Hall–Kier alpha value is -2.11. The molecule has 21 heavy (non-hydrogen) atoms. The zero-order chi connectivity index (χ0) is 15.5. The Kier molecular flexibility index (Phi) is 4.45. The second-order valence-corrected chi connectivity index (χ2v) is 4.91. The summed E-state index contributed by atoms with van der Waals surface area (Å²) in [6.07, 6.45) is 1.25. The van der Waals surface area contributed by atoms with Gasteiger partial charge < -0.3 is 15.0 Å². The first-order chi connectivity index (χ1) is 10.1. The molecule has 0 aliphatic heterocycles. The molecule has 0 spiro atoms. The van der Waals surface area contributed by atoms with Crippen molar-refractivity contribution in [2.45, 2.75) is 39.0 Å². The molecule has 0 aromatic carbocycles. The van der Waals surface area contributed by atoms with Crippen LogP contribution in [-0.4, -0.2) is 34.6 Å². The van der Waals surface area contributed by atoms with Crippen LogP contribution in [0.25, 0.3) is 11.2 Å². The number of nitrogens with zero attached hydrogens (tertiary/aromatic N) is 2. The van der Waals surface area contributed by atoms with Crippen molar-refractivity contribution in [1.29, 1.82) is 0 Å². The van der Waals surface area contributed by atoms with Gasteiger partial charge >= 0.3 is 5.97 Å². The van der Waals surface area contributed by atoms with Gasteiger partial charge in [-0.15, -0.1) is 0 Å². The fourth-order valence-electron chi connectivity index (χ4n) is 2.50. The molecule has 2 heterocycles.